The number of imide groups is 1. The summed E-state index contributed by atoms with van der Waals surface area (Å²) in [4.78, 5) is 44.4. The molecule has 0 aromatic heterocycles. The maximum atomic E-state index is 14.3. The molecule has 2 aliphatic heterocycles. The molecule has 0 N–H and O–H groups in total. The van der Waals surface area contributed by atoms with Gasteiger partial charge in [-0.3, -0.25) is 14.5 Å². The van der Waals surface area contributed by atoms with Crippen LogP contribution in [-0.2, 0) is 27.3 Å². The second-order valence-corrected chi connectivity index (χ2v) is 10.9. The number of nitrogens with zero attached hydrogens (tertiary/aromatic N) is 4. The van der Waals surface area contributed by atoms with Crippen LogP contribution in [0.4, 0.5) is 10.5 Å². The number of rotatable bonds is 6. The second-order valence-electron chi connectivity index (χ2n) is 10.1. The Bertz CT molecular complexity index is 1500. The number of amides is 3. The van der Waals surface area contributed by atoms with Crippen LogP contribution in [0.1, 0.15) is 28.2 Å². The van der Waals surface area contributed by atoms with E-state index in [4.69, 9.17) is 27.9 Å². The van der Waals surface area contributed by atoms with Crippen molar-refractivity contribution in [1.29, 1.82) is 5.26 Å². The van der Waals surface area contributed by atoms with Crippen molar-refractivity contribution >= 4 is 46.8 Å². The van der Waals surface area contributed by atoms with Gasteiger partial charge >= 0.3 is 12.0 Å². The molecule has 3 aromatic rings. The first-order valence-electron chi connectivity index (χ1n) is 12.6. The van der Waals surface area contributed by atoms with Gasteiger partial charge in [-0.2, -0.15) is 5.26 Å². The minimum atomic E-state index is -1.19. The van der Waals surface area contributed by atoms with E-state index in [0.717, 1.165) is 21.6 Å². The van der Waals surface area contributed by atoms with Gasteiger partial charge in [0.1, 0.15) is 5.54 Å². The first-order valence-corrected chi connectivity index (χ1v) is 13.4. The van der Waals surface area contributed by atoms with Crippen molar-refractivity contribution in [3.63, 3.8) is 0 Å². The molecule has 0 bridgehead atoms. The number of methoxy groups -OCH3 is 1. The Hall–Kier alpha value is -3.90. The third kappa shape index (κ3) is 4.92. The molecule has 3 aromatic carbocycles. The minimum Gasteiger partial charge on any atom is -0.469 e. The molecule has 10 heteroatoms. The Morgan fingerprint density at radius 2 is 1.65 bits per heavy atom. The number of urea groups is 1. The van der Waals surface area contributed by atoms with E-state index in [-0.39, 0.29) is 24.2 Å². The Morgan fingerprint density at radius 3 is 2.25 bits per heavy atom. The average Bonchev–Trinajstić information content (AvgIpc) is 3.40. The molecule has 2 fully saturated rings. The molecule has 2 saturated heterocycles. The predicted molar refractivity (Wildman–Crippen MR) is 151 cm³/mol. The topological polar surface area (TPSA) is 94.0 Å². The van der Waals surface area contributed by atoms with E-state index in [1.54, 1.807) is 37.4 Å². The molecule has 2 aliphatic rings. The van der Waals surface area contributed by atoms with Crippen molar-refractivity contribution in [2.75, 3.05) is 32.1 Å². The summed E-state index contributed by atoms with van der Waals surface area (Å²) in [6, 6.07) is 21.1. The van der Waals surface area contributed by atoms with Gasteiger partial charge in [0.2, 0.25) is 0 Å². The van der Waals surface area contributed by atoms with Crippen LogP contribution in [-0.4, -0.2) is 60.5 Å². The van der Waals surface area contributed by atoms with Gasteiger partial charge in [-0.15, -0.1) is 0 Å². The lowest BCUT2D eigenvalue weighted by Crippen LogP contribution is -2.53. The zero-order valence-corrected chi connectivity index (χ0v) is 23.4. The van der Waals surface area contributed by atoms with Gasteiger partial charge in [-0.25, -0.2) is 9.69 Å². The normalized spacial score (nSPS) is 20.8. The van der Waals surface area contributed by atoms with Gasteiger partial charge < -0.3 is 9.64 Å². The number of ether oxygens (including phenoxy) is 1. The van der Waals surface area contributed by atoms with Crippen molar-refractivity contribution in [2.24, 2.45) is 0 Å². The van der Waals surface area contributed by atoms with Crippen LogP contribution in [0.15, 0.2) is 66.7 Å². The molecule has 2 atom stereocenters. The van der Waals surface area contributed by atoms with Crippen molar-refractivity contribution < 1.29 is 19.1 Å². The Morgan fingerprint density at radius 1 is 1.02 bits per heavy atom. The quantitative estimate of drug-likeness (QED) is 0.302. The van der Waals surface area contributed by atoms with E-state index in [1.807, 2.05) is 36.4 Å². The molecule has 0 radical (unpaired) electrons. The smallest absolute Gasteiger partial charge is 0.332 e. The van der Waals surface area contributed by atoms with Gasteiger partial charge in [-0.05, 0) is 47.0 Å². The van der Waals surface area contributed by atoms with Crippen molar-refractivity contribution in [2.45, 2.75) is 24.4 Å². The molecule has 2 heterocycles. The van der Waals surface area contributed by atoms with E-state index < -0.39 is 11.6 Å². The molecule has 0 aliphatic carbocycles. The van der Waals surface area contributed by atoms with E-state index in [1.165, 1.54) is 12.0 Å². The largest absolute Gasteiger partial charge is 0.469 e. The third-order valence-electron chi connectivity index (χ3n) is 7.69. The van der Waals surface area contributed by atoms with Crippen molar-refractivity contribution in [3.8, 4) is 6.07 Å². The van der Waals surface area contributed by atoms with Gasteiger partial charge in [0.05, 0.1) is 30.9 Å². The summed E-state index contributed by atoms with van der Waals surface area (Å²) in [6.45, 7) is 1.34. The number of carbonyl (C=O) groups excluding carboxylic acids is 3. The first-order chi connectivity index (χ1) is 19.2. The summed E-state index contributed by atoms with van der Waals surface area (Å²) in [5.41, 5.74) is 2.34. The summed E-state index contributed by atoms with van der Waals surface area (Å²) in [5.74, 6) is -1.03. The van der Waals surface area contributed by atoms with Gasteiger partial charge in [0.25, 0.3) is 5.91 Å². The molecular weight excluding hydrogens is 551 g/mol. The van der Waals surface area contributed by atoms with E-state index in [2.05, 4.69) is 11.0 Å². The summed E-state index contributed by atoms with van der Waals surface area (Å²) in [6.07, 6.45) is 0.190. The van der Waals surface area contributed by atoms with Crippen LogP contribution in [0.2, 0.25) is 10.0 Å². The highest BCUT2D eigenvalue weighted by atomic mass is 35.5. The van der Waals surface area contributed by atoms with E-state index in [9.17, 15) is 19.6 Å². The molecular formula is C30H26Cl2N4O4. The van der Waals surface area contributed by atoms with Gasteiger partial charge in [-0.1, -0.05) is 59.6 Å². The fourth-order valence-corrected chi connectivity index (χ4v) is 6.19. The molecule has 3 amide bonds. The second kappa shape index (κ2) is 10.9. The number of hydrogen-bond acceptors (Lipinski definition) is 6. The average molecular weight is 577 g/mol. The molecule has 8 nitrogen and oxygen atoms in total. The number of benzene rings is 3. The van der Waals surface area contributed by atoms with E-state index in [0.29, 0.717) is 40.9 Å². The number of likely N-dealkylation sites (tertiary alicyclic amines) is 1. The van der Waals surface area contributed by atoms with Crippen LogP contribution in [0.25, 0.3) is 0 Å². The summed E-state index contributed by atoms with van der Waals surface area (Å²) in [5, 5.41) is 9.93. The zero-order valence-electron chi connectivity index (χ0n) is 21.9. The van der Waals surface area contributed by atoms with Crippen LogP contribution in [0.5, 0.6) is 0 Å². The predicted octanol–water partition coefficient (Wildman–Crippen LogP) is 5.02. The van der Waals surface area contributed by atoms with Crippen LogP contribution >= 0.6 is 23.2 Å². The summed E-state index contributed by atoms with van der Waals surface area (Å²) >= 11 is 12.4. The van der Waals surface area contributed by atoms with Crippen LogP contribution in [0.3, 0.4) is 0 Å². The summed E-state index contributed by atoms with van der Waals surface area (Å²) < 4.78 is 4.75. The number of esters is 1. The van der Waals surface area contributed by atoms with Crippen LogP contribution in [0, 0.1) is 11.3 Å². The number of halogens is 2. The van der Waals surface area contributed by atoms with Gasteiger partial charge in [0.15, 0.2) is 0 Å². The Kier molecular flexibility index (Phi) is 7.56. The molecule has 0 unspecified atom stereocenters. The number of likely N-dealkylation sites (N-methyl/N-ethyl adjacent to an activating group) is 1. The Labute approximate surface area is 242 Å². The number of anilines is 1. The highest BCUT2D eigenvalue weighted by molar-refractivity contribution is 6.35. The molecule has 40 heavy (non-hydrogen) atoms. The molecule has 1 spiro atoms. The van der Waals surface area contributed by atoms with Crippen LogP contribution < -0.4 is 4.90 Å². The van der Waals surface area contributed by atoms with E-state index >= 15 is 0 Å². The zero-order chi connectivity index (χ0) is 28.6. The number of carbonyl (C=O) groups is 3. The fourth-order valence-electron chi connectivity index (χ4n) is 5.67. The lowest BCUT2D eigenvalue weighted by Gasteiger charge is -2.34. The Balaban J connectivity index is 1.50. The SMILES string of the molecule is COC(=O)Cc1ccc(CN2C[C@@H](c3ccc(C#N)cc3)[C@]3(C2)C(=O)N(c2cc(Cl)cc(Cl)c2)C(=O)N3C)cc1. The van der Waals surface area contributed by atoms with Crippen molar-refractivity contribution in [3.05, 3.63) is 99.0 Å². The lowest BCUT2D eigenvalue weighted by atomic mass is 9.80. The maximum absolute atomic E-state index is 14.3. The number of hydrogen-bond donors (Lipinski definition) is 0. The highest BCUT2D eigenvalue weighted by Gasteiger charge is 2.64. The number of nitriles is 1. The summed E-state index contributed by atoms with van der Waals surface area (Å²) in [7, 11) is 3.01. The molecule has 0 saturated carbocycles. The maximum Gasteiger partial charge on any atom is 0.332 e. The fraction of sp³-hybridized carbons (Fsp3) is 0.267. The molecule has 5 rings (SSSR count). The standard InChI is InChI=1S/C30H26Cl2N4O4/c1-34-29(39)36(25-13-23(31)12-24(32)14-25)28(38)30(34)18-35(17-26(30)22-9-7-20(15-33)8-10-22)16-21-5-3-19(4-6-21)11-27(37)40-2/h3-10,12-14,26H,11,16-18H2,1-2H3/t26-,30+/m0/s1. The first kappa shape index (κ1) is 27.7. The monoisotopic (exact) mass is 576 g/mol. The van der Waals surface area contributed by atoms with Crippen molar-refractivity contribution in [1.82, 2.24) is 9.80 Å². The third-order valence-corrected chi connectivity index (χ3v) is 8.12. The lowest BCUT2D eigenvalue weighted by molar-refractivity contribution is -0.139. The van der Waals surface area contributed by atoms with Gasteiger partial charge in [0, 0.05) is 42.6 Å². The molecule has 204 valence electrons. The highest BCUT2D eigenvalue weighted by Crippen LogP contribution is 2.47. The minimum absolute atomic E-state index is 0.190.